The monoisotopic (exact) mass is 353 g/mol. The van der Waals surface area contributed by atoms with Crippen LogP contribution in [0.1, 0.15) is 104 Å². The van der Waals surface area contributed by atoms with Crippen molar-refractivity contribution in [1.29, 1.82) is 0 Å². The molecule has 0 aliphatic carbocycles. The Hall–Kier alpha value is -1.32. The highest BCUT2D eigenvalue weighted by atomic mass is 16.6. The van der Waals surface area contributed by atoms with E-state index in [9.17, 15) is 9.59 Å². The van der Waals surface area contributed by atoms with Gasteiger partial charge in [-0.1, -0.05) is 84.6 Å². The number of ether oxygens (including phenoxy) is 1. The van der Waals surface area contributed by atoms with Crippen LogP contribution in [-0.2, 0) is 14.3 Å². The fourth-order valence-corrected chi connectivity index (χ4v) is 3.09. The van der Waals surface area contributed by atoms with Gasteiger partial charge in [0.25, 0.3) is 5.91 Å². The molecule has 0 radical (unpaired) electrons. The van der Waals surface area contributed by atoms with Gasteiger partial charge in [-0.05, 0) is 26.2 Å². The molecule has 25 heavy (non-hydrogen) atoms. The number of hydrogen-bond acceptors (Lipinski definition) is 3. The van der Waals surface area contributed by atoms with Crippen LogP contribution >= 0.6 is 0 Å². The van der Waals surface area contributed by atoms with Crippen molar-refractivity contribution in [3.05, 3.63) is 12.2 Å². The summed E-state index contributed by atoms with van der Waals surface area (Å²) in [6.45, 7) is 9.37. The highest BCUT2D eigenvalue weighted by Gasteiger charge is 2.39. The van der Waals surface area contributed by atoms with Crippen LogP contribution in [0.2, 0.25) is 0 Å². The second kappa shape index (κ2) is 13.9. The molecule has 4 heteroatoms. The SMILES string of the molecule is C=C(C)C(=O)OC(CCC)(CCCCCCCCCCCC)C(N)=O. The first kappa shape index (κ1) is 23.7. The number of carbonyl (C=O) groups excluding carboxylic acids is 2. The lowest BCUT2D eigenvalue weighted by atomic mass is 9.89. The standard InChI is InChI=1S/C21H39NO3/c1-5-7-8-9-10-11-12-13-14-15-17-21(16-6-2,20(22)24)25-19(23)18(3)4/h3,5-17H2,1-2,4H3,(H2,22,24). The second-order valence-electron chi connectivity index (χ2n) is 7.21. The van der Waals surface area contributed by atoms with Crippen LogP contribution in [0.15, 0.2) is 12.2 Å². The first-order chi connectivity index (χ1) is 11.9. The molecule has 0 aliphatic heterocycles. The molecule has 2 N–H and O–H groups in total. The largest absolute Gasteiger partial charge is 0.446 e. The highest BCUT2D eigenvalue weighted by Crippen LogP contribution is 2.27. The summed E-state index contributed by atoms with van der Waals surface area (Å²) in [7, 11) is 0. The molecule has 146 valence electrons. The average molecular weight is 354 g/mol. The molecule has 0 spiro atoms. The minimum absolute atomic E-state index is 0.296. The highest BCUT2D eigenvalue weighted by molar-refractivity contribution is 5.92. The van der Waals surface area contributed by atoms with Gasteiger partial charge in [-0.2, -0.15) is 0 Å². The van der Waals surface area contributed by atoms with Crippen molar-refractivity contribution in [2.24, 2.45) is 5.73 Å². The Morgan fingerprint density at radius 3 is 1.72 bits per heavy atom. The van der Waals surface area contributed by atoms with Crippen molar-refractivity contribution in [3.8, 4) is 0 Å². The fourth-order valence-electron chi connectivity index (χ4n) is 3.09. The Labute approximate surface area is 154 Å². The third-order valence-electron chi connectivity index (χ3n) is 4.67. The minimum atomic E-state index is -1.18. The van der Waals surface area contributed by atoms with Crippen LogP contribution in [0.5, 0.6) is 0 Å². The summed E-state index contributed by atoms with van der Waals surface area (Å²) < 4.78 is 5.47. The lowest BCUT2D eigenvalue weighted by molar-refractivity contribution is -0.165. The van der Waals surface area contributed by atoms with Crippen molar-refractivity contribution in [2.75, 3.05) is 0 Å². The van der Waals surface area contributed by atoms with Crippen LogP contribution in [0.4, 0.5) is 0 Å². The summed E-state index contributed by atoms with van der Waals surface area (Å²) >= 11 is 0. The molecule has 0 aliphatic rings. The number of unbranched alkanes of at least 4 members (excludes halogenated alkanes) is 9. The Morgan fingerprint density at radius 1 is 0.840 bits per heavy atom. The Bertz CT molecular complexity index is 406. The van der Waals surface area contributed by atoms with Gasteiger partial charge in [0.2, 0.25) is 0 Å². The molecule has 0 aromatic heterocycles. The van der Waals surface area contributed by atoms with Crippen LogP contribution in [0.3, 0.4) is 0 Å². The van der Waals surface area contributed by atoms with E-state index < -0.39 is 17.5 Å². The first-order valence-corrected chi connectivity index (χ1v) is 10.1. The Balaban J connectivity index is 4.20. The molecule has 4 nitrogen and oxygen atoms in total. The van der Waals surface area contributed by atoms with E-state index in [0.717, 1.165) is 25.7 Å². The van der Waals surface area contributed by atoms with E-state index in [1.54, 1.807) is 6.92 Å². The van der Waals surface area contributed by atoms with E-state index >= 15 is 0 Å². The van der Waals surface area contributed by atoms with E-state index in [-0.39, 0.29) is 0 Å². The summed E-state index contributed by atoms with van der Waals surface area (Å²) in [6.07, 6.45) is 13.9. The summed E-state index contributed by atoms with van der Waals surface area (Å²) in [5.41, 5.74) is 4.70. The molecule has 0 aromatic rings. The zero-order valence-corrected chi connectivity index (χ0v) is 16.7. The average Bonchev–Trinajstić information content (AvgIpc) is 2.56. The summed E-state index contributed by atoms with van der Waals surface area (Å²) in [5.74, 6) is -1.07. The molecular weight excluding hydrogens is 314 g/mol. The lowest BCUT2D eigenvalue weighted by Gasteiger charge is -2.30. The normalized spacial score (nSPS) is 13.2. The smallest absolute Gasteiger partial charge is 0.334 e. The molecule has 0 fully saturated rings. The predicted octanol–water partition coefficient (Wildman–Crippen LogP) is 5.44. The maximum atomic E-state index is 12.0. The van der Waals surface area contributed by atoms with Crippen molar-refractivity contribution in [3.63, 3.8) is 0 Å². The first-order valence-electron chi connectivity index (χ1n) is 10.1. The van der Waals surface area contributed by atoms with E-state index in [2.05, 4.69) is 13.5 Å². The van der Waals surface area contributed by atoms with Crippen molar-refractivity contribution in [1.82, 2.24) is 0 Å². The number of esters is 1. The van der Waals surface area contributed by atoms with Gasteiger partial charge < -0.3 is 10.5 Å². The second-order valence-corrected chi connectivity index (χ2v) is 7.21. The zero-order chi connectivity index (χ0) is 19.1. The molecule has 0 aromatic carbocycles. The number of primary amides is 1. The third kappa shape index (κ3) is 10.3. The number of amides is 1. The summed E-state index contributed by atoms with van der Waals surface area (Å²) in [4.78, 5) is 23.9. The van der Waals surface area contributed by atoms with E-state index in [0.29, 0.717) is 18.4 Å². The molecule has 0 bridgehead atoms. The topological polar surface area (TPSA) is 69.4 Å². The van der Waals surface area contributed by atoms with Crippen LogP contribution in [0, 0.1) is 0 Å². The predicted molar refractivity (Wildman–Crippen MR) is 104 cm³/mol. The Morgan fingerprint density at radius 2 is 1.32 bits per heavy atom. The minimum Gasteiger partial charge on any atom is -0.446 e. The summed E-state index contributed by atoms with van der Waals surface area (Å²) in [6, 6.07) is 0. The fraction of sp³-hybridized carbons (Fsp3) is 0.810. The van der Waals surface area contributed by atoms with Crippen molar-refractivity contribution in [2.45, 2.75) is 110 Å². The molecular formula is C21H39NO3. The molecule has 0 saturated carbocycles. The van der Waals surface area contributed by atoms with E-state index in [4.69, 9.17) is 10.5 Å². The maximum absolute atomic E-state index is 12.0. The Kier molecular flexibility index (Phi) is 13.2. The van der Waals surface area contributed by atoms with Crippen molar-refractivity contribution >= 4 is 11.9 Å². The van der Waals surface area contributed by atoms with Gasteiger partial charge in [-0.3, -0.25) is 4.79 Å². The van der Waals surface area contributed by atoms with E-state index in [1.807, 2.05) is 6.92 Å². The maximum Gasteiger partial charge on any atom is 0.334 e. The molecule has 0 saturated heterocycles. The van der Waals surface area contributed by atoms with Gasteiger partial charge in [0.15, 0.2) is 5.60 Å². The number of rotatable bonds is 16. The van der Waals surface area contributed by atoms with Gasteiger partial charge in [0.05, 0.1) is 0 Å². The molecule has 1 unspecified atom stereocenters. The van der Waals surface area contributed by atoms with E-state index in [1.165, 1.54) is 44.9 Å². The van der Waals surface area contributed by atoms with Gasteiger partial charge in [0.1, 0.15) is 0 Å². The van der Waals surface area contributed by atoms with Crippen LogP contribution in [0.25, 0.3) is 0 Å². The zero-order valence-electron chi connectivity index (χ0n) is 16.7. The number of nitrogens with two attached hydrogens (primary N) is 1. The van der Waals surface area contributed by atoms with Crippen LogP contribution < -0.4 is 5.73 Å². The molecule has 1 atom stereocenters. The summed E-state index contributed by atoms with van der Waals surface area (Å²) in [5, 5.41) is 0. The third-order valence-corrected chi connectivity index (χ3v) is 4.67. The van der Waals surface area contributed by atoms with Crippen LogP contribution in [-0.4, -0.2) is 17.5 Å². The molecule has 0 rings (SSSR count). The van der Waals surface area contributed by atoms with Gasteiger partial charge in [0, 0.05) is 5.57 Å². The van der Waals surface area contributed by atoms with Gasteiger partial charge >= 0.3 is 5.97 Å². The number of hydrogen-bond donors (Lipinski definition) is 1. The van der Waals surface area contributed by atoms with Crippen molar-refractivity contribution < 1.29 is 14.3 Å². The molecule has 0 heterocycles. The van der Waals surface area contributed by atoms with Gasteiger partial charge in [-0.25, -0.2) is 4.79 Å². The quantitative estimate of drug-likeness (QED) is 0.228. The molecule has 1 amide bonds. The van der Waals surface area contributed by atoms with Gasteiger partial charge in [-0.15, -0.1) is 0 Å². The lowest BCUT2D eigenvalue weighted by Crippen LogP contribution is -2.47. The number of carbonyl (C=O) groups is 2.